The monoisotopic (exact) mass is 324 g/mol. The summed E-state index contributed by atoms with van der Waals surface area (Å²) < 4.78 is 4.98. The third kappa shape index (κ3) is 4.91. The van der Waals surface area contributed by atoms with E-state index in [1.165, 1.54) is 0 Å². The molecule has 120 valence electrons. The van der Waals surface area contributed by atoms with E-state index in [4.69, 9.17) is 16.3 Å². The number of nitrogens with zero attached hydrogens (tertiary/aromatic N) is 1. The van der Waals surface area contributed by atoms with Crippen LogP contribution in [0.3, 0.4) is 0 Å². The molecule has 0 unspecified atom stereocenters. The molecule has 1 fully saturated rings. The van der Waals surface area contributed by atoms with Crippen LogP contribution in [0.15, 0.2) is 24.3 Å². The van der Waals surface area contributed by atoms with Crippen LogP contribution in [0.5, 0.6) is 0 Å². The van der Waals surface area contributed by atoms with Crippen LogP contribution in [0, 0.1) is 0 Å². The largest absolute Gasteiger partial charge is 0.450 e. The van der Waals surface area contributed by atoms with Gasteiger partial charge in [-0.25, -0.2) is 4.79 Å². The van der Waals surface area contributed by atoms with E-state index in [1.54, 1.807) is 24.0 Å². The van der Waals surface area contributed by atoms with Gasteiger partial charge >= 0.3 is 6.09 Å². The Labute approximate surface area is 135 Å². The molecule has 2 amide bonds. The smallest absolute Gasteiger partial charge is 0.409 e. The van der Waals surface area contributed by atoms with Crippen LogP contribution >= 0.6 is 11.6 Å². The van der Waals surface area contributed by atoms with Crippen molar-refractivity contribution in [3.63, 3.8) is 0 Å². The Morgan fingerprint density at radius 1 is 1.36 bits per heavy atom. The van der Waals surface area contributed by atoms with E-state index in [2.05, 4.69) is 5.32 Å². The zero-order chi connectivity index (χ0) is 15.9. The van der Waals surface area contributed by atoms with Crippen molar-refractivity contribution in [3.8, 4) is 0 Å². The van der Waals surface area contributed by atoms with Gasteiger partial charge in [0.2, 0.25) is 5.91 Å². The molecule has 1 aliphatic rings. The average molecular weight is 325 g/mol. The Morgan fingerprint density at radius 3 is 2.73 bits per heavy atom. The Bertz CT molecular complexity index is 528. The topological polar surface area (TPSA) is 58.6 Å². The summed E-state index contributed by atoms with van der Waals surface area (Å²) >= 11 is 5.91. The number of rotatable bonds is 4. The van der Waals surface area contributed by atoms with Crippen LogP contribution in [0.2, 0.25) is 5.02 Å². The highest BCUT2D eigenvalue weighted by Gasteiger charge is 2.24. The van der Waals surface area contributed by atoms with Gasteiger partial charge < -0.3 is 15.0 Å². The molecule has 1 N–H and O–H groups in total. The average Bonchev–Trinajstić information content (AvgIpc) is 2.48. The molecule has 0 atom stereocenters. The predicted octanol–water partition coefficient (Wildman–Crippen LogP) is 2.62. The zero-order valence-electron chi connectivity index (χ0n) is 12.7. The van der Waals surface area contributed by atoms with Gasteiger partial charge in [0.15, 0.2) is 0 Å². The molecule has 1 heterocycles. The third-order valence-corrected chi connectivity index (χ3v) is 3.87. The number of piperidine rings is 1. The van der Waals surface area contributed by atoms with Crippen LogP contribution in [0.25, 0.3) is 0 Å². The predicted molar refractivity (Wildman–Crippen MR) is 84.9 cm³/mol. The maximum atomic E-state index is 12.1. The van der Waals surface area contributed by atoms with Gasteiger partial charge in [-0.05, 0) is 37.5 Å². The summed E-state index contributed by atoms with van der Waals surface area (Å²) in [6.07, 6.45) is 1.55. The molecule has 5 nitrogen and oxygen atoms in total. The van der Waals surface area contributed by atoms with Gasteiger partial charge in [-0.15, -0.1) is 0 Å². The fourth-order valence-electron chi connectivity index (χ4n) is 2.53. The van der Waals surface area contributed by atoms with E-state index < -0.39 is 0 Å². The zero-order valence-corrected chi connectivity index (χ0v) is 13.4. The summed E-state index contributed by atoms with van der Waals surface area (Å²) in [7, 11) is 0. The molecular formula is C16H21ClN2O3. The van der Waals surface area contributed by atoms with Gasteiger partial charge in [0, 0.05) is 24.2 Å². The number of benzene rings is 1. The molecule has 2 rings (SSSR count). The lowest BCUT2D eigenvalue weighted by atomic mass is 10.0. The lowest BCUT2D eigenvalue weighted by Gasteiger charge is -2.31. The molecular weight excluding hydrogens is 304 g/mol. The second-order valence-corrected chi connectivity index (χ2v) is 5.77. The lowest BCUT2D eigenvalue weighted by Crippen LogP contribution is -2.47. The number of hydrogen-bond donors (Lipinski definition) is 1. The Morgan fingerprint density at radius 2 is 2.09 bits per heavy atom. The number of amides is 2. The maximum absolute atomic E-state index is 12.1. The number of hydrogen-bond acceptors (Lipinski definition) is 3. The van der Waals surface area contributed by atoms with Gasteiger partial charge in [0.1, 0.15) is 0 Å². The standard InChI is InChI=1S/C16H21ClN2O3/c1-2-22-16(21)19-8-6-14(7-9-19)18-15(20)11-12-4-3-5-13(17)10-12/h3-5,10,14H,2,6-9,11H2,1H3,(H,18,20). The first-order valence-electron chi connectivity index (χ1n) is 7.54. The summed E-state index contributed by atoms with van der Waals surface area (Å²) in [5.41, 5.74) is 0.897. The molecule has 1 aromatic rings. The van der Waals surface area contributed by atoms with Crippen LogP contribution in [-0.2, 0) is 16.0 Å². The van der Waals surface area contributed by atoms with Crippen molar-refractivity contribution in [3.05, 3.63) is 34.9 Å². The molecule has 1 aromatic carbocycles. The maximum Gasteiger partial charge on any atom is 0.409 e. The number of carbonyl (C=O) groups is 2. The van der Waals surface area contributed by atoms with Crippen molar-refractivity contribution >= 4 is 23.6 Å². The van der Waals surface area contributed by atoms with Gasteiger partial charge in [-0.1, -0.05) is 23.7 Å². The molecule has 6 heteroatoms. The van der Waals surface area contributed by atoms with Crippen molar-refractivity contribution in [2.45, 2.75) is 32.2 Å². The van der Waals surface area contributed by atoms with Gasteiger partial charge in [-0.3, -0.25) is 4.79 Å². The van der Waals surface area contributed by atoms with Crippen LogP contribution in [0.1, 0.15) is 25.3 Å². The van der Waals surface area contributed by atoms with Gasteiger partial charge in [-0.2, -0.15) is 0 Å². The molecule has 1 saturated heterocycles. The summed E-state index contributed by atoms with van der Waals surface area (Å²) in [5.74, 6) is -0.0168. The first-order chi connectivity index (χ1) is 10.6. The van der Waals surface area contributed by atoms with E-state index >= 15 is 0 Å². The van der Waals surface area contributed by atoms with E-state index in [1.807, 2.05) is 12.1 Å². The van der Waals surface area contributed by atoms with E-state index in [-0.39, 0.29) is 18.0 Å². The molecule has 0 aliphatic carbocycles. The molecule has 1 aliphatic heterocycles. The number of carbonyl (C=O) groups excluding carboxylic acids is 2. The van der Waals surface area contributed by atoms with Crippen molar-refractivity contribution < 1.29 is 14.3 Å². The van der Waals surface area contributed by atoms with E-state index in [0.29, 0.717) is 31.1 Å². The van der Waals surface area contributed by atoms with Crippen molar-refractivity contribution in [2.75, 3.05) is 19.7 Å². The van der Waals surface area contributed by atoms with Crippen LogP contribution in [-0.4, -0.2) is 42.6 Å². The minimum atomic E-state index is -0.272. The molecule has 0 aromatic heterocycles. The fraction of sp³-hybridized carbons (Fsp3) is 0.500. The van der Waals surface area contributed by atoms with E-state index in [9.17, 15) is 9.59 Å². The second-order valence-electron chi connectivity index (χ2n) is 5.33. The Hall–Kier alpha value is -1.75. The number of likely N-dealkylation sites (tertiary alicyclic amines) is 1. The Kier molecular flexibility index (Phi) is 6.07. The van der Waals surface area contributed by atoms with Crippen molar-refractivity contribution in [2.24, 2.45) is 0 Å². The Balaban J connectivity index is 1.76. The number of ether oxygens (including phenoxy) is 1. The molecule has 0 bridgehead atoms. The van der Waals surface area contributed by atoms with Crippen LogP contribution < -0.4 is 5.32 Å². The third-order valence-electron chi connectivity index (χ3n) is 3.64. The lowest BCUT2D eigenvalue weighted by molar-refractivity contribution is -0.121. The van der Waals surface area contributed by atoms with Crippen molar-refractivity contribution in [1.82, 2.24) is 10.2 Å². The summed E-state index contributed by atoms with van der Waals surface area (Å²) in [6.45, 7) is 3.40. The first-order valence-corrected chi connectivity index (χ1v) is 7.91. The minimum Gasteiger partial charge on any atom is -0.450 e. The molecule has 0 spiro atoms. The van der Waals surface area contributed by atoms with Gasteiger partial charge in [0.05, 0.1) is 13.0 Å². The van der Waals surface area contributed by atoms with E-state index in [0.717, 1.165) is 18.4 Å². The fourth-order valence-corrected chi connectivity index (χ4v) is 2.75. The normalized spacial score (nSPS) is 15.5. The summed E-state index contributed by atoms with van der Waals surface area (Å²) in [5, 5.41) is 3.65. The molecule has 0 radical (unpaired) electrons. The highest BCUT2D eigenvalue weighted by molar-refractivity contribution is 6.30. The molecule has 0 saturated carbocycles. The highest BCUT2D eigenvalue weighted by Crippen LogP contribution is 2.13. The quantitative estimate of drug-likeness (QED) is 0.926. The SMILES string of the molecule is CCOC(=O)N1CCC(NC(=O)Cc2cccc(Cl)c2)CC1. The van der Waals surface area contributed by atoms with Crippen molar-refractivity contribution in [1.29, 1.82) is 0 Å². The highest BCUT2D eigenvalue weighted by atomic mass is 35.5. The summed E-state index contributed by atoms with van der Waals surface area (Å²) in [4.78, 5) is 25.3. The second kappa shape index (κ2) is 8.03. The summed E-state index contributed by atoms with van der Waals surface area (Å²) in [6, 6.07) is 7.41. The molecule has 22 heavy (non-hydrogen) atoms. The number of nitrogens with one attached hydrogen (secondary N) is 1. The first kappa shape index (κ1) is 16.6. The number of halogens is 1. The van der Waals surface area contributed by atoms with Gasteiger partial charge in [0.25, 0.3) is 0 Å². The van der Waals surface area contributed by atoms with Crippen LogP contribution in [0.4, 0.5) is 4.79 Å². The minimum absolute atomic E-state index is 0.0168.